The van der Waals surface area contributed by atoms with Crippen LogP contribution in [0.2, 0.25) is 0 Å². The Morgan fingerprint density at radius 2 is 2.00 bits per heavy atom. The zero-order valence-corrected chi connectivity index (χ0v) is 13.3. The molecule has 0 radical (unpaired) electrons. The molecule has 1 aliphatic carbocycles. The highest BCUT2D eigenvalue weighted by Crippen LogP contribution is 2.26. The molecule has 0 aromatic carbocycles. The number of carbonyl (C=O) groups is 1. The second-order valence-corrected chi connectivity index (χ2v) is 7.66. The van der Waals surface area contributed by atoms with Gasteiger partial charge in [-0.2, -0.15) is 11.8 Å². The van der Waals surface area contributed by atoms with E-state index < -0.39 is 5.54 Å². The summed E-state index contributed by atoms with van der Waals surface area (Å²) in [4.78, 5) is 11.6. The van der Waals surface area contributed by atoms with Crippen molar-refractivity contribution in [2.75, 3.05) is 19.0 Å². The first-order chi connectivity index (χ1) is 9.60. The van der Waals surface area contributed by atoms with Gasteiger partial charge in [0.25, 0.3) is 0 Å². The summed E-state index contributed by atoms with van der Waals surface area (Å²) in [5, 5.41) is 4.18. The van der Waals surface area contributed by atoms with E-state index in [9.17, 15) is 4.79 Å². The quantitative estimate of drug-likeness (QED) is 0.640. The van der Waals surface area contributed by atoms with Crippen LogP contribution in [-0.2, 0) is 9.53 Å². The van der Waals surface area contributed by atoms with Gasteiger partial charge in [-0.15, -0.1) is 0 Å². The van der Waals surface area contributed by atoms with Gasteiger partial charge in [0.15, 0.2) is 0 Å². The first kappa shape index (κ1) is 16.1. The van der Waals surface area contributed by atoms with Crippen molar-refractivity contribution in [3.05, 3.63) is 0 Å². The Labute approximate surface area is 126 Å². The number of thioether (sulfide) groups is 1. The van der Waals surface area contributed by atoms with Gasteiger partial charge in [-0.25, -0.2) is 0 Å². The number of primary amides is 1. The highest BCUT2D eigenvalue weighted by Gasteiger charge is 2.36. The van der Waals surface area contributed by atoms with Crippen LogP contribution in [0.3, 0.4) is 0 Å². The molecule has 20 heavy (non-hydrogen) atoms. The van der Waals surface area contributed by atoms with Gasteiger partial charge in [0.1, 0.15) is 0 Å². The highest BCUT2D eigenvalue weighted by atomic mass is 32.2. The van der Waals surface area contributed by atoms with Crippen LogP contribution in [0.5, 0.6) is 0 Å². The molecule has 1 heterocycles. The summed E-state index contributed by atoms with van der Waals surface area (Å²) >= 11 is 2.07. The Bertz CT molecular complexity index is 317. The average molecular weight is 300 g/mol. The standard InChI is InChI=1S/C15H28N2O2S/c1-15(14(16)18,17-12-4-5-12)8-2-3-11-20-13-6-9-19-10-7-13/h12-13,17H,2-11H2,1H3,(H2,16,18). The van der Waals surface area contributed by atoms with Crippen LogP contribution in [0.25, 0.3) is 0 Å². The van der Waals surface area contributed by atoms with Crippen LogP contribution in [0.15, 0.2) is 0 Å². The minimum atomic E-state index is -0.509. The number of unbranched alkanes of at least 4 members (excludes halogenated alkanes) is 1. The second kappa shape index (κ2) is 7.66. The summed E-state index contributed by atoms with van der Waals surface area (Å²) in [6.45, 7) is 3.80. The Balaban J connectivity index is 1.59. The van der Waals surface area contributed by atoms with E-state index in [1.165, 1.54) is 31.4 Å². The third kappa shape index (κ3) is 5.26. The fourth-order valence-corrected chi connectivity index (χ4v) is 3.85. The molecule has 3 N–H and O–H groups in total. The van der Waals surface area contributed by atoms with Gasteiger partial charge in [-0.05, 0) is 51.2 Å². The summed E-state index contributed by atoms with van der Waals surface area (Å²) in [6.07, 6.45) is 7.82. The maximum atomic E-state index is 11.6. The fourth-order valence-electron chi connectivity index (χ4n) is 2.62. The number of nitrogens with one attached hydrogen (secondary N) is 1. The summed E-state index contributed by atoms with van der Waals surface area (Å²) in [5.74, 6) is 0.977. The molecule has 0 aromatic rings. The molecule has 116 valence electrons. The molecule has 1 unspecified atom stereocenters. The lowest BCUT2D eigenvalue weighted by Crippen LogP contribution is -2.53. The fraction of sp³-hybridized carbons (Fsp3) is 0.933. The molecule has 1 atom stereocenters. The van der Waals surface area contributed by atoms with Crippen molar-refractivity contribution < 1.29 is 9.53 Å². The van der Waals surface area contributed by atoms with E-state index in [0.29, 0.717) is 6.04 Å². The number of amides is 1. The SMILES string of the molecule is CC(CCCCSC1CCOCC1)(NC1CC1)C(N)=O. The lowest BCUT2D eigenvalue weighted by atomic mass is 9.94. The Hall–Kier alpha value is -0.260. The molecule has 0 bridgehead atoms. The van der Waals surface area contributed by atoms with Gasteiger partial charge in [-0.3, -0.25) is 4.79 Å². The maximum absolute atomic E-state index is 11.6. The van der Waals surface area contributed by atoms with Crippen molar-refractivity contribution in [2.24, 2.45) is 5.73 Å². The molecule has 2 rings (SSSR count). The molecule has 4 nitrogen and oxygen atoms in total. The van der Waals surface area contributed by atoms with Gasteiger partial charge in [0.2, 0.25) is 5.91 Å². The largest absolute Gasteiger partial charge is 0.381 e. The van der Waals surface area contributed by atoms with Crippen molar-refractivity contribution in [3.63, 3.8) is 0 Å². The van der Waals surface area contributed by atoms with E-state index in [4.69, 9.17) is 10.5 Å². The topological polar surface area (TPSA) is 64.3 Å². The Kier molecular flexibility index (Phi) is 6.18. The van der Waals surface area contributed by atoms with Crippen LogP contribution in [0.4, 0.5) is 0 Å². The van der Waals surface area contributed by atoms with E-state index in [-0.39, 0.29) is 5.91 Å². The van der Waals surface area contributed by atoms with E-state index in [1.54, 1.807) is 0 Å². The molecule has 2 aliphatic rings. The van der Waals surface area contributed by atoms with Gasteiger partial charge >= 0.3 is 0 Å². The van der Waals surface area contributed by atoms with Crippen molar-refractivity contribution in [3.8, 4) is 0 Å². The number of rotatable bonds is 9. The zero-order valence-electron chi connectivity index (χ0n) is 12.5. The number of ether oxygens (including phenoxy) is 1. The van der Waals surface area contributed by atoms with Crippen LogP contribution in [0, 0.1) is 0 Å². The third-order valence-corrected chi connectivity index (χ3v) is 5.70. The molecule has 5 heteroatoms. The van der Waals surface area contributed by atoms with Crippen LogP contribution < -0.4 is 11.1 Å². The van der Waals surface area contributed by atoms with Gasteiger partial charge < -0.3 is 15.8 Å². The summed E-state index contributed by atoms with van der Waals surface area (Å²) in [7, 11) is 0. The van der Waals surface area contributed by atoms with Crippen molar-refractivity contribution >= 4 is 17.7 Å². The van der Waals surface area contributed by atoms with E-state index >= 15 is 0 Å². The lowest BCUT2D eigenvalue weighted by molar-refractivity contribution is -0.124. The Morgan fingerprint density at radius 3 is 2.60 bits per heavy atom. The second-order valence-electron chi connectivity index (χ2n) is 6.25. The van der Waals surface area contributed by atoms with Crippen LogP contribution in [0.1, 0.15) is 51.9 Å². The number of hydrogen-bond donors (Lipinski definition) is 2. The Morgan fingerprint density at radius 1 is 1.30 bits per heavy atom. The molecular weight excluding hydrogens is 272 g/mol. The van der Waals surface area contributed by atoms with Gasteiger partial charge in [-0.1, -0.05) is 6.42 Å². The monoisotopic (exact) mass is 300 g/mol. The molecule has 1 aliphatic heterocycles. The summed E-state index contributed by atoms with van der Waals surface area (Å²) in [6, 6.07) is 0.518. The molecule has 0 spiro atoms. The van der Waals surface area contributed by atoms with Crippen molar-refractivity contribution in [1.29, 1.82) is 0 Å². The minimum Gasteiger partial charge on any atom is -0.381 e. The van der Waals surface area contributed by atoms with Crippen LogP contribution in [-0.4, -0.2) is 41.7 Å². The zero-order chi connectivity index (χ0) is 14.4. The van der Waals surface area contributed by atoms with E-state index in [1.807, 2.05) is 6.92 Å². The van der Waals surface area contributed by atoms with Crippen molar-refractivity contribution in [1.82, 2.24) is 5.32 Å². The molecule has 1 saturated carbocycles. The van der Waals surface area contributed by atoms with Gasteiger partial charge in [0, 0.05) is 24.5 Å². The highest BCUT2D eigenvalue weighted by molar-refractivity contribution is 7.99. The van der Waals surface area contributed by atoms with E-state index in [0.717, 1.165) is 37.7 Å². The maximum Gasteiger partial charge on any atom is 0.237 e. The first-order valence-electron chi connectivity index (χ1n) is 7.87. The predicted octanol–water partition coefficient (Wildman–Crippen LogP) is 2.06. The lowest BCUT2D eigenvalue weighted by Gasteiger charge is -2.28. The number of nitrogens with two attached hydrogens (primary N) is 1. The van der Waals surface area contributed by atoms with Crippen molar-refractivity contribution in [2.45, 2.75) is 68.7 Å². The smallest absolute Gasteiger partial charge is 0.237 e. The summed E-state index contributed by atoms with van der Waals surface area (Å²) in [5.41, 5.74) is 5.05. The molecule has 1 amide bonds. The number of hydrogen-bond acceptors (Lipinski definition) is 4. The van der Waals surface area contributed by atoms with Crippen LogP contribution >= 0.6 is 11.8 Å². The first-order valence-corrected chi connectivity index (χ1v) is 8.92. The minimum absolute atomic E-state index is 0.207. The summed E-state index contributed by atoms with van der Waals surface area (Å²) < 4.78 is 5.37. The molecule has 0 aromatic heterocycles. The predicted molar refractivity (Wildman–Crippen MR) is 83.9 cm³/mol. The normalized spacial score (nSPS) is 23.4. The van der Waals surface area contributed by atoms with E-state index in [2.05, 4.69) is 17.1 Å². The molecular formula is C15H28N2O2S. The average Bonchev–Trinajstić information content (AvgIpc) is 3.23. The number of carbonyl (C=O) groups excluding carboxylic acids is 1. The molecule has 1 saturated heterocycles. The third-order valence-electron chi connectivity index (χ3n) is 4.24. The molecule has 2 fully saturated rings. The van der Waals surface area contributed by atoms with Gasteiger partial charge in [0.05, 0.1) is 5.54 Å².